The number of halogens is 3. The summed E-state index contributed by atoms with van der Waals surface area (Å²) in [7, 11) is 0. The van der Waals surface area contributed by atoms with Gasteiger partial charge in [-0.05, 0) is 37.3 Å². The zero-order valence-corrected chi connectivity index (χ0v) is 12.5. The van der Waals surface area contributed by atoms with Crippen LogP contribution in [0.5, 0.6) is 5.75 Å². The summed E-state index contributed by atoms with van der Waals surface area (Å²) in [6.07, 6.45) is -4.44. The van der Waals surface area contributed by atoms with Gasteiger partial charge in [0.05, 0.1) is 5.56 Å². The van der Waals surface area contributed by atoms with Gasteiger partial charge in [0.2, 0.25) is 0 Å². The number of ether oxygens (including phenoxy) is 1. The van der Waals surface area contributed by atoms with Crippen molar-refractivity contribution >= 4 is 11.6 Å². The van der Waals surface area contributed by atoms with E-state index in [1.54, 1.807) is 24.3 Å². The van der Waals surface area contributed by atoms with E-state index in [0.717, 1.165) is 12.1 Å². The summed E-state index contributed by atoms with van der Waals surface area (Å²) in [6, 6.07) is 13.5. The van der Waals surface area contributed by atoms with Crippen molar-refractivity contribution in [2.75, 3.05) is 18.1 Å². The summed E-state index contributed by atoms with van der Waals surface area (Å²) >= 11 is 0. The quantitative estimate of drug-likeness (QED) is 0.828. The topological polar surface area (TPSA) is 29.5 Å². The summed E-state index contributed by atoms with van der Waals surface area (Å²) in [4.78, 5) is 13.7. The standard InChI is InChI=1S/C17H16F3NO2/c1-2-21(14-8-4-3-5-9-14)16(22)12-23-15-10-6-7-13(11-15)17(18,19)20/h3-11H,2,12H2,1H3. The number of alkyl halides is 3. The number of amides is 1. The highest BCUT2D eigenvalue weighted by molar-refractivity contribution is 5.94. The van der Waals surface area contributed by atoms with Crippen LogP contribution in [0.25, 0.3) is 0 Å². The molecule has 0 radical (unpaired) electrons. The molecule has 0 aliphatic heterocycles. The monoisotopic (exact) mass is 323 g/mol. The second kappa shape index (κ2) is 7.17. The van der Waals surface area contributed by atoms with E-state index in [4.69, 9.17) is 4.74 Å². The molecular formula is C17H16F3NO2. The van der Waals surface area contributed by atoms with Crippen LogP contribution in [-0.2, 0) is 11.0 Å². The van der Waals surface area contributed by atoms with Gasteiger partial charge in [0.25, 0.3) is 5.91 Å². The van der Waals surface area contributed by atoms with Crippen LogP contribution >= 0.6 is 0 Å². The highest BCUT2D eigenvalue weighted by atomic mass is 19.4. The third-order valence-electron chi connectivity index (χ3n) is 3.21. The Labute approximate surface area is 132 Å². The highest BCUT2D eigenvalue weighted by Crippen LogP contribution is 2.31. The van der Waals surface area contributed by atoms with Crippen LogP contribution in [-0.4, -0.2) is 19.1 Å². The molecule has 0 spiro atoms. The second-order valence-corrected chi connectivity index (χ2v) is 4.79. The van der Waals surface area contributed by atoms with E-state index in [2.05, 4.69) is 0 Å². The second-order valence-electron chi connectivity index (χ2n) is 4.79. The first kappa shape index (κ1) is 16.9. The molecule has 3 nitrogen and oxygen atoms in total. The van der Waals surface area contributed by atoms with Gasteiger partial charge in [-0.15, -0.1) is 0 Å². The predicted octanol–water partition coefficient (Wildman–Crippen LogP) is 4.14. The van der Waals surface area contributed by atoms with Gasteiger partial charge in [0.1, 0.15) is 5.75 Å². The minimum Gasteiger partial charge on any atom is -0.484 e. The average Bonchev–Trinajstić information content (AvgIpc) is 2.54. The lowest BCUT2D eigenvalue weighted by molar-refractivity contribution is -0.137. The first-order valence-electron chi connectivity index (χ1n) is 7.07. The Bertz CT molecular complexity index is 656. The van der Waals surface area contributed by atoms with Gasteiger partial charge in [0.15, 0.2) is 6.61 Å². The minimum absolute atomic E-state index is 0.0114. The maximum absolute atomic E-state index is 12.6. The largest absolute Gasteiger partial charge is 0.484 e. The zero-order chi connectivity index (χ0) is 16.9. The number of anilines is 1. The lowest BCUT2D eigenvalue weighted by atomic mass is 10.2. The van der Waals surface area contributed by atoms with Crippen molar-refractivity contribution in [1.82, 2.24) is 0 Å². The Morgan fingerprint density at radius 2 is 1.78 bits per heavy atom. The van der Waals surface area contributed by atoms with Crippen LogP contribution in [0, 0.1) is 0 Å². The van der Waals surface area contributed by atoms with Crippen molar-refractivity contribution in [2.24, 2.45) is 0 Å². The molecule has 122 valence electrons. The number of carbonyl (C=O) groups excluding carboxylic acids is 1. The number of likely N-dealkylation sites (N-methyl/N-ethyl adjacent to an activating group) is 1. The van der Waals surface area contributed by atoms with Crippen LogP contribution in [0.15, 0.2) is 54.6 Å². The van der Waals surface area contributed by atoms with Crippen LogP contribution in [0.4, 0.5) is 18.9 Å². The fraction of sp³-hybridized carbons (Fsp3) is 0.235. The molecule has 0 aromatic heterocycles. The molecule has 0 saturated heterocycles. The molecule has 2 rings (SSSR count). The van der Waals surface area contributed by atoms with Gasteiger partial charge < -0.3 is 9.64 Å². The molecule has 0 saturated carbocycles. The Kier molecular flexibility index (Phi) is 5.26. The number of hydrogen-bond donors (Lipinski definition) is 0. The Hall–Kier alpha value is -2.50. The first-order chi connectivity index (χ1) is 10.9. The molecule has 23 heavy (non-hydrogen) atoms. The highest BCUT2D eigenvalue weighted by Gasteiger charge is 2.30. The molecule has 0 aliphatic rings. The van der Waals surface area contributed by atoms with E-state index in [9.17, 15) is 18.0 Å². The van der Waals surface area contributed by atoms with Crippen molar-refractivity contribution in [3.8, 4) is 5.75 Å². The lowest BCUT2D eigenvalue weighted by Crippen LogP contribution is -2.34. The molecule has 2 aromatic rings. The molecule has 0 bridgehead atoms. The predicted molar refractivity (Wildman–Crippen MR) is 81.4 cm³/mol. The van der Waals surface area contributed by atoms with Gasteiger partial charge in [-0.2, -0.15) is 13.2 Å². The molecule has 0 heterocycles. The number of carbonyl (C=O) groups is 1. The summed E-state index contributed by atoms with van der Waals surface area (Å²) < 4.78 is 43.1. The molecule has 0 N–H and O–H groups in total. The minimum atomic E-state index is -4.44. The van der Waals surface area contributed by atoms with Gasteiger partial charge in [0, 0.05) is 12.2 Å². The lowest BCUT2D eigenvalue weighted by Gasteiger charge is -2.21. The molecule has 0 fully saturated rings. The Balaban J connectivity index is 2.04. The maximum atomic E-state index is 12.6. The maximum Gasteiger partial charge on any atom is 0.416 e. The molecule has 1 amide bonds. The Morgan fingerprint density at radius 1 is 1.09 bits per heavy atom. The van der Waals surface area contributed by atoms with E-state index in [0.29, 0.717) is 12.2 Å². The van der Waals surface area contributed by atoms with Crippen molar-refractivity contribution in [2.45, 2.75) is 13.1 Å². The van der Waals surface area contributed by atoms with Crippen molar-refractivity contribution in [1.29, 1.82) is 0 Å². The number of para-hydroxylation sites is 1. The van der Waals surface area contributed by atoms with Crippen LogP contribution < -0.4 is 9.64 Å². The van der Waals surface area contributed by atoms with E-state index in [1.165, 1.54) is 17.0 Å². The summed E-state index contributed by atoms with van der Waals surface area (Å²) in [5.41, 5.74) is -0.0921. The summed E-state index contributed by atoms with van der Waals surface area (Å²) in [5, 5.41) is 0. The fourth-order valence-corrected chi connectivity index (χ4v) is 2.10. The van der Waals surface area contributed by atoms with Crippen LogP contribution in [0.2, 0.25) is 0 Å². The summed E-state index contributed by atoms with van der Waals surface area (Å²) in [6.45, 7) is 1.92. The molecule has 0 unspecified atom stereocenters. The van der Waals surface area contributed by atoms with E-state index >= 15 is 0 Å². The van der Waals surface area contributed by atoms with E-state index < -0.39 is 11.7 Å². The molecular weight excluding hydrogens is 307 g/mol. The number of rotatable bonds is 5. The van der Waals surface area contributed by atoms with Crippen molar-refractivity contribution in [3.05, 3.63) is 60.2 Å². The molecule has 2 aromatic carbocycles. The Morgan fingerprint density at radius 3 is 2.39 bits per heavy atom. The van der Waals surface area contributed by atoms with Crippen LogP contribution in [0.1, 0.15) is 12.5 Å². The summed E-state index contributed by atoms with van der Waals surface area (Å²) in [5.74, 6) is -0.312. The molecule has 0 aliphatic carbocycles. The van der Waals surface area contributed by atoms with E-state index in [1.807, 2.05) is 13.0 Å². The van der Waals surface area contributed by atoms with Crippen molar-refractivity contribution < 1.29 is 22.7 Å². The average molecular weight is 323 g/mol. The van der Waals surface area contributed by atoms with Crippen LogP contribution in [0.3, 0.4) is 0 Å². The third-order valence-corrected chi connectivity index (χ3v) is 3.21. The van der Waals surface area contributed by atoms with Crippen molar-refractivity contribution in [3.63, 3.8) is 0 Å². The molecule has 0 atom stereocenters. The number of nitrogens with zero attached hydrogens (tertiary/aromatic N) is 1. The smallest absolute Gasteiger partial charge is 0.416 e. The van der Waals surface area contributed by atoms with Gasteiger partial charge in [-0.3, -0.25) is 4.79 Å². The molecule has 6 heteroatoms. The van der Waals surface area contributed by atoms with Gasteiger partial charge in [-0.25, -0.2) is 0 Å². The third kappa shape index (κ3) is 4.48. The first-order valence-corrected chi connectivity index (χ1v) is 7.07. The SMILES string of the molecule is CCN(C(=O)COc1cccc(C(F)(F)F)c1)c1ccccc1. The van der Waals surface area contributed by atoms with Gasteiger partial charge >= 0.3 is 6.18 Å². The fourth-order valence-electron chi connectivity index (χ4n) is 2.10. The zero-order valence-electron chi connectivity index (χ0n) is 12.5. The number of benzene rings is 2. The normalized spacial score (nSPS) is 11.1. The number of hydrogen-bond acceptors (Lipinski definition) is 2. The van der Waals surface area contributed by atoms with Gasteiger partial charge in [-0.1, -0.05) is 24.3 Å². The van der Waals surface area contributed by atoms with E-state index in [-0.39, 0.29) is 18.3 Å².